The Hall–Kier alpha value is -4.90. The lowest BCUT2D eigenvalue weighted by Gasteiger charge is -2.25. The van der Waals surface area contributed by atoms with E-state index < -0.39 is 18.0 Å². The molecule has 0 bridgehead atoms. The molecule has 0 aliphatic carbocycles. The summed E-state index contributed by atoms with van der Waals surface area (Å²) in [6.07, 6.45) is 1.57. The molecule has 0 N–H and O–H groups in total. The SMILES string of the molecule is CCOC(=O)C1=C(C)N=c2s/c(=C/c3ccc(-c4ccc(C(=O)OC)cc4)o3)c(=O)n2[C@H]1c1ccc(OC(C)C)c(OC)c1. The summed E-state index contributed by atoms with van der Waals surface area (Å²) in [5.41, 5.74) is 2.20. The van der Waals surface area contributed by atoms with Crippen LogP contribution in [0.3, 0.4) is 0 Å². The highest BCUT2D eigenvalue weighted by Gasteiger charge is 2.34. The number of carbonyl (C=O) groups excluding carboxylic acids is 2. The third-order valence-corrected chi connectivity index (χ3v) is 7.86. The summed E-state index contributed by atoms with van der Waals surface area (Å²) in [7, 11) is 2.87. The molecule has 3 heterocycles. The van der Waals surface area contributed by atoms with Gasteiger partial charge in [-0.15, -0.1) is 0 Å². The van der Waals surface area contributed by atoms with E-state index in [4.69, 9.17) is 23.4 Å². The van der Waals surface area contributed by atoms with E-state index in [0.717, 1.165) is 5.56 Å². The van der Waals surface area contributed by atoms with Crippen LogP contribution in [0.5, 0.6) is 11.5 Å². The van der Waals surface area contributed by atoms with Crippen molar-refractivity contribution in [3.8, 4) is 22.8 Å². The average molecular weight is 617 g/mol. The van der Waals surface area contributed by atoms with Gasteiger partial charge in [0.05, 0.1) is 54.3 Å². The molecular formula is C33H32N2O8S. The molecule has 11 heteroatoms. The summed E-state index contributed by atoms with van der Waals surface area (Å²) in [4.78, 5) is 44.0. The van der Waals surface area contributed by atoms with Gasteiger partial charge in [0.25, 0.3) is 5.56 Å². The van der Waals surface area contributed by atoms with Crippen molar-refractivity contribution < 1.29 is 33.0 Å². The Kier molecular flexibility index (Phi) is 8.86. The van der Waals surface area contributed by atoms with E-state index in [1.165, 1.54) is 30.1 Å². The lowest BCUT2D eigenvalue weighted by Crippen LogP contribution is -2.40. The minimum Gasteiger partial charge on any atom is -0.493 e. The first-order chi connectivity index (χ1) is 21.1. The molecule has 1 aliphatic rings. The number of allylic oxidation sites excluding steroid dienone is 1. The first-order valence-corrected chi connectivity index (χ1v) is 14.8. The lowest BCUT2D eigenvalue weighted by molar-refractivity contribution is -0.139. The fourth-order valence-corrected chi connectivity index (χ4v) is 5.94. The molecule has 44 heavy (non-hydrogen) atoms. The van der Waals surface area contributed by atoms with Gasteiger partial charge in [-0.1, -0.05) is 29.5 Å². The summed E-state index contributed by atoms with van der Waals surface area (Å²) in [5, 5.41) is 0. The Bertz CT molecular complexity index is 1930. The lowest BCUT2D eigenvalue weighted by atomic mass is 9.95. The normalized spacial score (nSPS) is 14.7. The maximum atomic E-state index is 14.0. The summed E-state index contributed by atoms with van der Waals surface area (Å²) in [6.45, 7) is 7.46. The Labute approximate surface area is 257 Å². The third kappa shape index (κ3) is 5.96. The second-order valence-electron chi connectivity index (χ2n) is 10.2. The minimum absolute atomic E-state index is 0.0778. The van der Waals surface area contributed by atoms with Gasteiger partial charge in [-0.2, -0.15) is 0 Å². The topological polar surface area (TPSA) is 119 Å². The van der Waals surface area contributed by atoms with Crippen LogP contribution in [0.25, 0.3) is 17.4 Å². The number of furan rings is 1. The zero-order valence-corrected chi connectivity index (χ0v) is 26.0. The number of rotatable bonds is 9. The van der Waals surface area contributed by atoms with Crippen molar-refractivity contribution in [2.75, 3.05) is 20.8 Å². The highest BCUT2D eigenvalue weighted by atomic mass is 32.1. The summed E-state index contributed by atoms with van der Waals surface area (Å²) >= 11 is 1.19. The molecule has 0 spiro atoms. The highest BCUT2D eigenvalue weighted by molar-refractivity contribution is 7.07. The smallest absolute Gasteiger partial charge is 0.338 e. The second-order valence-corrected chi connectivity index (χ2v) is 11.2. The van der Waals surface area contributed by atoms with Gasteiger partial charge >= 0.3 is 11.9 Å². The summed E-state index contributed by atoms with van der Waals surface area (Å²) in [6, 6.07) is 14.9. The van der Waals surface area contributed by atoms with Crippen LogP contribution in [0.4, 0.5) is 0 Å². The summed E-state index contributed by atoms with van der Waals surface area (Å²) in [5.74, 6) is 1.06. The number of fused-ring (bicyclic) bond motifs is 1. The van der Waals surface area contributed by atoms with Crippen molar-refractivity contribution in [2.24, 2.45) is 4.99 Å². The fourth-order valence-electron chi connectivity index (χ4n) is 4.92. The molecule has 5 rings (SSSR count). The zero-order chi connectivity index (χ0) is 31.5. The van der Waals surface area contributed by atoms with Gasteiger partial charge in [0.2, 0.25) is 0 Å². The highest BCUT2D eigenvalue weighted by Crippen LogP contribution is 2.36. The van der Waals surface area contributed by atoms with Gasteiger partial charge in [-0.3, -0.25) is 9.36 Å². The number of benzene rings is 2. The van der Waals surface area contributed by atoms with E-state index in [1.807, 2.05) is 19.9 Å². The van der Waals surface area contributed by atoms with Crippen LogP contribution in [-0.4, -0.2) is 43.4 Å². The van der Waals surface area contributed by atoms with E-state index in [-0.39, 0.29) is 23.8 Å². The number of hydrogen-bond donors (Lipinski definition) is 0. The Morgan fingerprint density at radius 2 is 1.80 bits per heavy atom. The Morgan fingerprint density at radius 3 is 2.45 bits per heavy atom. The van der Waals surface area contributed by atoms with Gasteiger partial charge in [-0.05, 0) is 69.7 Å². The first kappa shape index (κ1) is 30.6. The molecule has 228 valence electrons. The predicted octanol–water partition coefficient (Wildman–Crippen LogP) is 4.64. The molecule has 4 aromatic rings. The van der Waals surface area contributed by atoms with E-state index in [0.29, 0.717) is 49.2 Å². The van der Waals surface area contributed by atoms with Crippen LogP contribution in [0.1, 0.15) is 55.4 Å². The van der Waals surface area contributed by atoms with Crippen LogP contribution < -0.4 is 24.4 Å². The molecule has 0 unspecified atom stereocenters. The minimum atomic E-state index is -0.810. The fraction of sp³-hybridized carbons (Fsp3) is 0.273. The molecule has 1 aliphatic heterocycles. The van der Waals surface area contributed by atoms with E-state index >= 15 is 0 Å². The molecule has 2 aromatic carbocycles. The second kappa shape index (κ2) is 12.8. The number of nitrogens with zero attached hydrogens (tertiary/aromatic N) is 2. The molecule has 0 saturated heterocycles. The van der Waals surface area contributed by atoms with Gasteiger partial charge in [0.15, 0.2) is 16.3 Å². The Morgan fingerprint density at radius 1 is 1.05 bits per heavy atom. The molecule has 10 nitrogen and oxygen atoms in total. The van der Waals surface area contributed by atoms with E-state index in [9.17, 15) is 14.4 Å². The van der Waals surface area contributed by atoms with Crippen molar-refractivity contribution in [1.82, 2.24) is 4.57 Å². The average Bonchev–Trinajstić information content (AvgIpc) is 3.60. The predicted molar refractivity (Wildman–Crippen MR) is 165 cm³/mol. The van der Waals surface area contributed by atoms with Gasteiger partial charge in [0, 0.05) is 11.6 Å². The maximum Gasteiger partial charge on any atom is 0.338 e. The summed E-state index contributed by atoms with van der Waals surface area (Å²) < 4.78 is 29.5. The van der Waals surface area contributed by atoms with Crippen molar-refractivity contribution in [2.45, 2.75) is 39.8 Å². The number of hydrogen-bond acceptors (Lipinski definition) is 10. The molecular weight excluding hydrogens is 584 g/mol. The third-order valence-electron chi connectivity index (χ3n) is 6.87. The quantitative estimate of drug-likeness (QED) is 0.250. The molecule has 1 atom stereocenters. The number of esters is 2. The van der Waals surface area contributed by atoms with Crippen molar-refractivity contribution >= 4 is 29.4 Å². The van der Waals surface area contributed by atoms with Crippen molar-refractivity contribution in [1.29, 1.82) is 0 Å². The number of methoxy groups -OCH3 is 2. The van der Waals surface area contributed by atoms with Crippen LogP contribution in [-0.2, 0) is 14.3 Å². The van der Waals surface area contributed by atoms with Crippen molar-refractivity contribution in [3.63, 3.8) is 0 Å². The van der Waals surface area contributed by atoms with E-state index in [2.05, 4.69) is 4.99 Å². The van der Waals surface area contributed by atoms with Crippen LogP contribution >= 0.6 is 11.3 Å². The number of aromatic nitrogens is 1. The standard InChI is InChI=1S/C33H32N2O8S/c1-7-41-32(38)28-19(4)34-33-35(29(28)22-12-14-25(42-18(2)3)26(16-22)39-5)30(36)27(44-33)17-23-13-15-24(43-23)20-8-10-21(11-9-20)31(37)40-6/h8-18,29H,7H2,1-6H3/b27-17+/t29-/m0/s1. The van der Waals surface area contributed by atoms with Crippen LogP contribution in [0, 0.1) is 0 Å². The zero-order valence-electron chi connectivity index (χ0n) is 25.2. The number of thiazole rings is 1. The monoisotopic (exact) mass is 616 g/mol. The first-order valence-electron chi connectivity index (χ1n) is 14.0. The molecule has 0 radical (unpaired) electrons. The number of carbonyl (C=O) groups is 2. The molecule has 0 fully saturated rings. The van der Waals surface area contributed by atoms with Crippen LogP contribution in [0.2, 0.25) is 0 Å². The van der Waals surface area contributed by atoms with Crippen molar-refractivity contribution in [3.05, 3.63) is 102 Å². The molecule has 2 aromatic heterocycles. The molecule has 0 amide bonds. The van der Waals surface area contributed by atoms with Gasteiger partial charge < -0.3 is 23.4 Å². The number of ether oxygens (including phenoxy) is 4. The maximum absolute atomic E-state index is 14.0. The van der Waals surface area contributed by atoms with Gasteiger partial charge in [-0.25, -0.2) is 14.6 Å². The van der Waals surface area contributed by atoms with E-state index in [1.54, 1.807) is 68.5 Å². The van der Waals surface area contributed by atoms with Crippen LogP contribution in [0.15, 0.2) is 80.1 Å². The van der Waals surface area contributed by atoms with Gasteiger partial charge in [0.1, 0.15) is 11.5 Å². The largest absolute Gasteiger partial charge is 0.493 e. The Balaban J connectivity index is 1.59. The molecule has 0 saturated carbocycles.